The molecule has 0 spiro atoms. The van der Waals surface area contributed by atoms with Gasteiger partial charge < -0.3 is 44.0 Å². The molecule has 12 heteroatoms. The molecular weight excluding hydrogens is 462 g/mol. The van der Waals surface area contributed by atoms with Crippen molar-refractivity contribution < 1.29 is 48.2 Å². The number of anilines is 1. The molecule has 0 unspecified atom stereocenters. The Morgan fingerprint density at radius 3 is 2.36 bits per heavy atom. The molecule has 3 N–H and O–H groups in total. The van der Waals surface area contributed by atoms with Gasteiger partial charge in [-0.05, 0) is 6.07 Å². The van der Waals surface area contributed by atoms with Crippen molar-refractivity contribution in [1.82, 2.24) is 0 Å². The van der Waals surface area contributed by atoms with Crippen molar-refractivity contribution in [3.8, 4) is 28.7 Å². The average Bonchev–Trinajstić information content (AvgIpc) is 2.79. The summed E-state index contributed by atoms with van der Waals surface area (Å²) >= 11 is 5.80. The zero-order valence-corrected chi connectivity index (χ0v) is 18.9. The molecule has 11 nitrogen and oxygen atoms in total. The standard InChI is InChI=1S/C21H24ClNO10/c1-28-10-32-18-7-15(23-9-24)19(33-11-29-2)12(20(18)30-3)4-5-31-21(27)13-6-14(22)17(26)8-16(13)25/h6-9,25-26H,4-5,10-11H2,1-3H3,(H,23,24). The number of rotatable bonds is 13. The Morgan fingerprint density at radius 2 is 1.73 bits per heavy atom. The summed E-state index contributed by atoms with van der Waals surface area (Å²) in [5.41, 5.74) is 0.451. The van der Waals surface area contributed by atoms with E-state index in [1.807, 2.05) is 0 Å². The maximum Gasteiger partial charge on any atom is 0.341 e. The first-order chi connectivity index (χ1) is 15.9. The van der Waals surface area contributed by atoms with Crippen LogP contribution in [-0.2, 0) is 25.4 Å². The Kier molecular flexibility index (Phi) is 9.85. The molecule has 0 saturated heterocycles. The van der Waals surface area contributed by atoms with E-state index < -0.39 is 11.7 Å². The predicted molar refractivity (Wildman–Crippen MR) is 116 cm³/mol. The van der Waals surface area contributed by atoms with Crippen LogP contribution in [0.4, 0.5) is 5.69 Å². The highest BCUT2D eigenvalue weighted by molar-refractivity contribution is 6.32. The molecule has 0 saturated carbocycles. The lowest BCUT2D eigenvalue weighted by Gasteiger charge is -2.21. The molecule has 0 aliphatic heterocycles. The molecule has 0 radical (unpaired) electrons. The number of esters is 1. The largest absolute Gasteiger partial charge is 0.507 e. The van der Waals surface area contributed by atoms with Gasteiger partial charge in [0.2, 0.25) is 6.41 Å². The fourth-order valence-electron chi connectivity index (χ4n) is 2.85. The highest BCUT2D eigenvalue weighted by Crippen LogP contribution is 2.44. The molecule has 2 rings (SSSR count). The number of phenolic OH excluding ortho intramolecular Hbond substituents is 2. The summed E-state index contributed by atoms with van der Waals surface area (Å²) in [6, 6.07) is 3.52. The topological polar surface area (TPSA) is 142 Å². The Balaban J connectivity index is 2.35. The van der Waals surface area contributed by atoms with E-state index in [4.69, 9.17) is 40.0 Å². The van der Waals surface area contributed by atoms with Crippen molar-refractivity contribution in [2.24, 2.45) is 0 Å². The van der Waals surface area contributed by atoms with E-state index in [-0.39, 0.29) is 65.9 Å². The fraction of sp³-hybridized carbons (Fsp3) is 0.333. The molecule has 0 bridgehead atoms. The number of hydrogen-bond donors (Lipinski definition) is 3. The lowest BCUT2D eigenvalue weighted by atomic mass is 10.1. The van der Waals surface area contributed by atoms with Gasteiger partial charge in [0.25, 0.3) is 0 Å². The third-order valence-electron chi connectivity index (χ3n) is 4.23. The van der Waals surface area contributed by atoms with Gasteiger partial charge in [-0.15, -0.1) is 0 Å². The second-order valence-corrected chi connectivity index (χ2v) is 6.74. The second kappa shape index (κ2) is 12.6. The first-order valence-electron chi connectivity index (χ1n) is 9.43. The normalized spacial score (nSPS) is 10.4. The van der Waals surface area contributed by atoms with E-state index in [9.17, 15) is 19.8 Å². The van der Waals surface area contributed by atoms with Gasteiger partial charge in [-0.25, -0.2) is 4.79 Å². The molecular formula is C21H24ClNO10. The van der Waals surface area contributed by atoms with E-state index >= 15 is 0 Å². The Labute approximate surface area is 194 Å². The highest BCUT2D eigenvalue weighted by atomic mass is 35.5. The third-order valence-corrected chi connectivity index (χ3v) is 4.54. The maximum absolute atomic E-state index is 12.4. The first-order valence-corrected chi connectivity index (χ1v) is 9.81. The molecule has 0 atom stereocenters. The number of aromatic hydroxyl groups is 2. The van der Waals surface area contributed by atoms with Crippen LogP contribution in [0.5, 0.6) is 28.7 Å². The summed E-state index contributed by atoms with van der Waals surface area (Å²) < 4.78 is 31.8. The number of ether oxygens (including phenoxy) is 6. The monoisotopic (exact) mass is 485 g/mol. The highest BCUT2D eigenvalue weighted by Gasteiger charge is 2.23. The fourth-order valence-corrected chi connectivity index (χ4v) is 3.01. The zero-order valence-electron chi connectivity index (χ0n) is 18.2. The van der Waals surface area contributed by atoms with Crippen LogP contribution >= 0.6 is 11.6 Å². The molecule has 0 aromatic heterocycles. The van der Waals surface area contributed by atoms with Gasteiger partial charge in [0.05, 0.1) is 24.4 Å². The Bertz CT molecular complexity index is 982. The number of carbonyl (C=O) groups excluding carboxylic acids is 2. The molecule has 33 heavy (non-hydrogen) atoms. The van der Waals surface area contributed by atoms with E-state index in [1.54, 1.807) is 0 Å². The second-order valence-electron chi connectivity index (χ2n) is 6.33. The summed E-state index contributed by atoms with van der Waals surface area (Å²) in [6.07, 6.45) is 0.529. The van der Waals surface area contributed by atoms with Crippen LogP contribution in [0.15, 0.2) is 18.2 Å². The van der Waals surface area contributed by atoms with E-state index in [1.165, 1.54) is 27.4 Å². The van der Waals surface area contributed by atoms with Crippen molar-refractivity contribution >= 4 is 29.7 Å². The molecule has 0 fully saturated rings. The van der Waals surface area contributed by atoms with Crippen molar-refractivity contribution in [2.75, 3.05) is 46.8 Å². The van der Waals surface area contributed by atoms with Crippen molar-refractivity contribution in [2.45, 2.75) is 6.42 Å². The molecule has 0 aliphatic rings. The average molecular weight is 486 g/mol. The van der Waals surface area contributed by atoms with Crippen LogP contribution in [0.2, 0.25) is 5.02 Å². The number of amides is 1. The van der Waals surface area contributed by atoms with Crippen LogP contribution in [0.1, 0.15) is 15.9 Å². The van der Waals surface area contributed by atoms with Crippen molar-refractivity contribution in [3.05, 3.63) is 34.3 Å². The molecule has 2 aromatic carbocycles. The molecule has 0 heterocycles. The molecule has 2 aromatic rings. The zero-order chi connectivity index (χ0) is 24.4. The summed E-state index contributed by atoms with van der Waals surface area (Å²) in [4.78, 5) is 23.5. The van der Waals surface area contributed by atoms with Crippen LogP contribution in [0.25, 0.3) is 0 Å². The number of nitrogens with one attached hydrogen (secondary N) is 1. The van der Waals surface area contributed by atoms with E-state index in [2.05, 4.69) is 5.32 Å². The SMILES string of the molecule is COCOc1cc(NC=O)c(OCOC)c(CCOC(=O)c2cc(Cl)c(O)cc2O)c1OC. The Hall–Kier alpha value is -3.41. The van der Waals surface area contributed by atoms with E-state index in [0.717, 1.165) is 12.1 Å². The number of hydrogen-bond acceptors (Lipinski definition) is 10. The summed E-state index contributed by atoms with van der Waals surface area (Å²) in [7, 11) is 4.28. The number of phenols is 2. The molecule has 1 amide bonds. The predicted octanol–water partition coefficient (Wildman–Crippen LogP) is 2.69. The van der Waals surface area contributed by atoms with Gasteiger partial charge in [0.1, 0.15) is 17.1 Å². The summed E-state index contributed by atoms with van der Waals surface area (Å²) in [5.74, 6) is -1.00. The molecule has 0 aliphatic carbocycles. The quantitative estimate of drug-likeness (QED) is 0.220. The Morgan fingerprint density at radius 1 is 1.03 bits per heavy atom. The number of benzene rings is 2. The van der Waals surface area contributed by atoms with E-state index in [0.29, 0.717) is 12.0 Å². The smallest absolute Gasteiger partial charge is 0.341 e. The van der Waals surface area contributed by atoms with Gasteiger partial charge in [0, 0.05) is 38.3 Å². The maximum atomic E-state index is 12.4. The lowest BCUT2D eigenvalue weighted by molar-refractivity contribution is -0.105. The van der Waals surface area contributed by atoms with Crippen LogP contribution in [-0.4, -0.2) is 64.1 Å². The number of carbonyl (C=O) groups is 2. The van der Waals surface area contributed by atoms with Crippen LogP contribution < -0.4 is 19.5 Å². The first kappa shape index (κ1) is 25.8. The lowest BCUT2D eigenvalue weighted by Crippen LogP contribution is -2.13. The minimum Gasteiger partial charge on any atom is -0.507 e. The summed E-state index contributed by atoms with van der Waals surface area (Å²) in [5, 5.41) is 21.8. The third kappa shape index (κ3) is 6.54. The minimum absolute atomic E-state index is 0.0677. The van der Waals surface area contributed by atoms with Gasteiger partial charge in [-0.1, -0.05) is 11.6 Å². The van der Waals surface area contributed by atoms with Crippen LogP contribution in [0, 0.1) is 0 Å². The number of methoxy groups -OCH3 is 3. The summed E-state index contributed by atoms with van der Waals surface area (Å²) in [6.45, 7) is -0.406. The van der Waals surface area contributed by atoms with Gasteiger partial charge in [0.15, 0.2) is 30.8 Å². The van der Waals surface area contributed by atoms with Crippen molar-refractivity contribution in [1.29, 1.82) is 0 Å². The van der Waals surface area contributed by atoms with Gasteiger partial charge in [-0.2, -0.15) is 0 Å². The minimum atomic E-state index is -0.870. The van der Waals surface area contributed by atoms with Gasteiger partial charge >= 0.3 is 5.97 Å². The van der Waals surface area contributed by atoms with Crippen molar-refractivity contribution in [3.63, 3.8) is 0 Å². The van der Waals surface area contributed by atoms with Crippen LogP contribution in [0.3, 0.4) is 0 Å². The van der Waals surface area contributed by atoms with Gasteiger partial charge in [-0.3, -0.25) is 4.79 Å². The number of halogens is 1. The molecule has 180 valence electrons.